The first-order valence-corrected chi connectivity index (χ1v) is 15.0. The van der Waals surface area contributed by atoms with Crippen LogP contribution in [0.2, 0.25) is 0 Å². The van der Waals surface area contributed by atoms with Gasteiger partial charge in [-0.15, -0.1) is 0 Å². The number of hydrogen-bond acceptors (Lipinski definition) is 2. The summed E-state index contributed by atoms with van der Waals surface area (Å²) >= 11 is 0. The molecule has 0 aliphatic heterocycles. The van der Waals surface area contributed by atoms with Crippen molar-refractivity contribution in [1.29, 1.82) is 0 Å². The van der Waals surface area contributed by atoms with E-state index >= 15 is 0 Å². The number of fused-ring (bicyclic) bond motifs is 7. The Morgan fingerprint density at radius 3 is 1.86 bits per heavy atom. The van der Waals surface area contributed by atoms with Crippen LogP contribution < -0.4 is 4.90 Å². The predicted octanol–water partition coefficient (Wildman–Crippen LogP) is 12.2. The molecule has 1 aromatic heterocycles. The summed E-state index contributed by atoms with van der Waals surface area (Å²) in [6.07, 6.45) is 0. The van der Waals surface area contributed by atoms with Crippen molar-refractivity contribution in [2.24, 2.45) is 0 Å². The third-order valence-corrected chi connectivity index (χ3v) is 8.78. The molecule has 0 radical (unpaired) electrons. The van der Waals surface area contributed by atoms with Crippen molar-refractivity contribution in [2.75, 3.05) is 4.90 Å². The molecule has 0 unspecified atom stereocenters. The van der Waals surface area contributed by atoms with Crippen LogP contribution in [0.5, 0.6) is 0 Å². The molecule has 0 saturated heterocycles. The van der Waals surface area contributed by atoms with Crippen LogP contribution in [0, 0.1) is 0 Å². The number of hydrogen-bond donors (Lipinski definition) is 0. The smallest absolute Gasteiger partial charge is 0.143 e. The van der Waals surface area contributed by atoms with Crippen molar-refractivity contribution in [3.63, 3.8) is 0 Å². The number of rotatable bonds is 4. The lowest BCUT2D eigenvalue weighted by Gasteiger charge is -2.27. The van der Waals surface area contributed by atoms with Crippen LogP contribution in [0.4, 0.5) is 17.1 Å². The van der Waals surface area contributed by atoms with E-state index in [1.807, 2.05) is 0 Å². The highest BCUT2D eigenvalue weighted by Crippen LogP contribution is 2.45. The van der Waals surface area contributed by atoms with Crippen molar-refractivity contribution >= 4 is 71.3 Å². The molecule has 206 valence electrons. The molecule has 0 N–H and O–H groups in total. The zero-order valence-electron chi connectivity index (χ0n) is 23.9. The summed E-state index contributed by atoms with van der Waals surface area (Å²) in [5, 5.41) is 9.44. The van der Waals surface area contributed by atoms with Gasteiger partial charge in [-0.25, -0.2) is 0 Å². The van der Waals surface area contributed by atoms with E-state index in [9.17, 15) is 0 Å². The normalized spacial score (nSPS) is 11.6. The van der Waals surface area contributed by atoms with Crippen molar-refractivity contribution in [3.8, 4) is 11.1 Å². The molecule has 44 heavy (non-hydrogen) atoms. The number of benzene rings is 8. The standard InChI is InChI=1S/C42H27NO/c1-3-12-31-25-34(20-19-28(31)9-1)33-14-7-15-35(27-33)43(36-23-21-29-10-2-4-13-32(29)26-36)39-17-8-18-40-41(39)38-24-22-30-11-5-6-16-37(30)42(38)44-40/h1-27H. The number of anilines is 3. The van der Waals surface area contributed by atoms with E-state index in [1.54, 1.807) is 0 Å². The van der Waals surface area contributed by atoms with Crippen LogP contribution in [0.1, 0.15) is 0 Å². The van der Waals surface area contributed by atoms with E-state index in [4.69, 9.17) is 4.42 Å². The lowest BCUT2D eigenvalue weighted by Crippen LogP contribution is -2.10. The number of nitrogens with zero attached hydrogens (tertiary/aromatic N) is 1. The molecular weight excluding hydrogens is 534 g/mol. The Bertz CT molecular complexity index is 2520. The minimum absolute atomic E-state index is 0.880. The monoisotopic (exact) mass is 561 g/mol. The topological polar surface area (TPSA) is 16.4 Å². The van der Waals surface area contributed by atoms with E-state index < -0.39 is 0 Å². The molecule has 9 rings (SSSR count). The van der Waals surface area contributed by atoms with Crippen LogP contribution in [0.25, 0.3) is 65.4 Å². The Morgan fingerprint density at radius 2 is 1.02 bits per heavy atom. The van der Waals surface area contributed by atoms with Gasteiger partial charge in [0, 0.05) is 22.1 Å². The van der Waals surface area contributed by atoms with Crippen molar-refractivity contribution < 1.29 is 4.42 Å². The fraction of sp³-hybridized carbons (Fsp3) is 0. The minimum Gasteiger partial charge on any atom is -0.455 e. The first kappa shape index (κ1) is 24.7. The van der Waals surface area contributed by atoms with Crippen molar-refractivity contribution in [3.05, 3.63) is 164 Å². The molecule has 2 nitrogen and oxygen atoms in total. The summed E-state index contributed by atoms with van der Waals surface area (Å²) in [5.41, 5.74) is 7.45. The van der Waals surface area contributed by atoms with Gasteiger partial charge in [0.05, 0.1) is 11.1 Å². The zero-order valence-corrected chi connectivity index (χ0v) is 23.9. The zero-order chi connectivity index (χ0) is 29.0. The van der Waals surface area contributed by atoms with Crippen LogP contribution in [0.3, 0.4) is 0 Å². The lowest BCUT2D eigenvalue weighted by molar-refractivity contribution is 0.672. The molecule has 8 aromatic carbocycles. The first-order chi connectivity index (χ1) is 21.8. The highest BCUT2D eigenvalue weighted by atomic mass is 16.3. The van der Waals surface area contributed by atoms with E-state index in [0.717, 1.165) is 44.4 Å². The molecule has 2 heteroatoms. The molecule has 9 aromatic rings. The van der Waals surface area contributed by atoms with Crippen molar-refractivity contribution in [1.82, 2.24) is 0 Å². The van der Waals surface area contributed by atoms with E-state index in [-0.39, 0.29) is 0 Å². The third kappa shape index (κ3) is 3.96. The molecule has 0 saturated carbocycles. The highest BCUT2D eigenvalue weighted by Gasteiger charge is 2.21. The summed E-state index contributed by atoms with van der Waals surface area (Å²) < 4.78 is 6.61. The van der Waals surface area contributed by atoms with Crippen LogP contribution in [0.15, 0.2) is 168 Å². The first-order valence-electron chi connectivity index (χ1n) is 15.0. The van der Waals surface area contributed by atoms with Gasteiger partial charge in [0.1, 0.15) is 11.2 Å². The minimum atomic E-state index is 0.880. The van der Waals surface area contributed by atoms with Crippen LogP contribution in [-0.4, -0.2) is 0 Å². The van der Waals surface area contributed by atoms with Gasteiger partial charge in [-0.3, -0.25) is 0 Å². The second-order valence-electron chi connectivity index (χ2n) is 11.4. The summed E-state index contributed by atoms with van der Waals surface area (Å²) in [4.78, 5) is 2.38. The maximum absolute atomic E-state index is 6.61. The SMILES string of the molecule is c1cc(-c2ccc3ccccc3c2)cc(N(c2ccc3ccccc3c2)c2cccc3oc4c5ccccc5ccc4c23)c1. The van der Waals surface area contributed by atoms with Crippen LogP contribution >= 0.6 is 0 Å². The molecule has 0 aliphatic rings. The lowest BCUT2D eigenvalue weighted by atomic mass is 10.00. The Labute approximate surface area is 255 Å². The fourth-order valence-corrected chi connectivity index (χ4v) is 6.66. The predicted molar refractivity (Wildman–Crippen MR) is 186 cm³/mol. The maximum atomic E-state index is 6.61. The average molecular weight is 562 g/mol. The Balaban J connectivity index is 1.30. The van der Waals surface area contributed by atoms with E-state index in [2.05, 4.69) is 169 Å². The third-order valence-electron chi connectivity index (χ3n) is 8.78. The summed E-state index contributed by atoms with van der Waals surface area (Å²) in [7, 11) is 0. The molecule has 0 fully saturated rings. The molecule has 0 atom stereocenters. The van der Waals surface area contributed by atoms with Gasteiger partial charge >= 0.3 is 0 Å². The second kappa shape index (κ2) is 9.86. The second-order valence-corrected chi connectivity index (χ2v) is 11.4. The van der Waals surface area contributed by atoms with E-state index in [0.29, 0.717) is 0 Å². The van der Waals surface area contributed by atoms with E-state index in [1.165, 1.54) is 38.1 Å². The molecule has 0 bridgehead atoms. The van der Waals surface area contributed by atoms with Gasteiger partial charge in [-0.05, 0) is 86.6 Å². The van der Waals surface area contributed by atoms with Gasteiger partial charge in [-0.1, -0.05) is 115 Å². The Morgan fingerprint density at radius 1 is 0.386 bits per heavy atom. The molecule has 0 aliphatic carbocycles. The van der Waals surface area contributed by atoms with Gasteiger partial charge in [0.25, 0.3) is 0 Å². The molecule has 1 heterocycles. The van der Waals surface area contributed by atoms with Crippen molar-refractivity contribution in [2.45, 2.75) is 0 Å². The largest absolute Gasteiger partial charge is 0.455 e. The van der Waals surface area contributed by atoms with Gasteiger partial charge in [0.2, 0.25) is 0 Å². The summed E-state index contributed by atoms with van der Waals surface area (Å²) in [6, 6.07) is 58.6. The van der Waals surface area contributed by atoms with Gasteiger partial charge in [-0.2, -0.15) is 0 Å². The average Bonchev–Trinajstić information content (AvgIpc) is 3.48. The summed E-state index contributed by atoms with van der Waals surface area (Å²) in [6.45, 7) is 0. The number of furan rings is 1. The van der Waals surface area contributed by atoms with Gasteiger partial charge in [0.15, 0.2) is 0 Å². The highest BCUT2D eigenvalue weighted by molar-refractivity contribution is 6.19. The Kier molecular flexibility index (Phi) is 5.54. The molecule has 0 spiro atoms. The molecular formula is C42H27NO. The summed E-state index contributed by atoms with van der Waals surface area (Å²) in [5.74, 6) is 0. The Hall–Kier alpha value is -5.86. The quantitative estimate of drug-likeness (QED) is 0.212. The molecule has 0 amide bonds. The van der Waals surface area contributed by atoms with Crippen LogP contribution in [-0.2, 0) is 0 Å². The fourth-order valence-electron chi connectivity index (χ4n) is 6.66. The maximum Gasteiger partial charge on any atom is 0.143 e. The van der Waals surface area contributed by atoms with Gasteiger partial charge < -0.3 is 9.32 Å².